The molecule has 3 heterocycles. The summed E-state index contributed by atoms with van der Waals surface area (Å²) in [6, 6.07) is 2.01. The van der Waals surface area contributed by atoms with Crippen LogP contribution in [-0.2, 0) is 4.74 Å². The normalized spacial score (nSPS) is 27.4. The van der Waals surface area contributed by atoms with E-state index in [0.29, 0.717) is 19.1 Å². The molecule has 0 aliphatic carbocycles. The van der Waals surface area contributed by atoms with Crippen molar-refractivity contribution < 1.29 is 9.84 Å². The first-order valence-corrected chi connectivity index (χ1v) is 7.54. The third-order valence-electron chi connectivity index (χ3n) is 4.47. The summed E-state index contributed by atoms with van der Waals surface area (Å²) in [5.41, 5.74) is 0.565. The number of hydrogen-bond donors (Lipinski definition) is 1. The molecule has 2 aliphatic rings. The molecular formula is C15H23N3O2. The maximum Gasteiger partial charge on any atom is 0.115 e. The lowest BCUT2D eigenvalue weighted by Crippen LogP contribution is -2.49. The fraction of sp³-hybridized carbons (Fsp3) is 0.733. The molecule has 0 saturated carbocycles. The van der Waals surface area contributed by atoms with Crippen molar-refractivity contribution in [2.24, 2.45) is 0 Å². The van der Waals surface area contributed by atoms with Gasteiger partial charge in [0.2, 0.25) is 0 Å². The first-order chi connectivity index (χ1) is 9.75. The Bertz CT molecular complexity index is 420. The number of hydrogen-bond acceptors (Lipinski definition) is 5. The predicted molar refractivity (Wildman–Crippen MR) is 75.4 cm³/mol. The van der Waals surface area contributed by atoms with Crippen LogP contribution >= 0.6 is 0 Å². The number of aliphatic hydroxyl groups is 1. The number of β-amino-alcohol motifs (C(OH)–C–C–N with tert-alkyl or cyclic N) is 1. The fourth-order valence-electron chi connectivity index (χ4n) is 3.31. The highest BCUT2D eigenvalue weighted by atomic mass is 16.5. The maximum absolute atomic E-state index is 10.6. The van der Waals surface area contributed by atoms with Gasteiger partial charge in [-0.05, 0) is 25.5 Å². The van der Waals surface area contributed by atoms with Gasteiger partial charge < -0.3 is 9.84 Å². The molecule has 2 saturated heterocycles. The summed E-state index contributed by atoms with van der Waals surface area (Å²) in [4.78, 5) is 10.8. The van der Waals surface area contributed by atoms with E-state index in [4.69, 9.17) is 4.74 Å². The molecule has 0 amide bonds. The molecule has 0 bridgehead atoms. The molecule has 5 heteroatoms. The molecule has 2 aliphatic heterocycles. The van der Waals surface area contributed by atoms with Crippen molar-refractivity contribution in [1.82, 2.24) is 14.9 Å². The van der Waals surface area contributed by atoms with Crippen molar-refractivity contribution in [2.75, 3.05) is 32.8 Å². The van der Waals surface area contributed by atoms with Crippen LogP contribution in [0.5, 0.6) is 0 Å². The Labute approximate surface area is 120 Å². The highest BCUT2D eigenvalue weighted by Crippen LogP contribution is 2.28. The first kappa shape index (κ1) is 13.9. The van der Waals surface area contributed by atoms with Crippen molar-refractivity contribution in [3.63, 3.8) is 0 Å². The van der Waals surface area contributed by atoms with Crippen molar-refractivity contribution >= 4 is 0 Å². The summed E-state index contributed by atoms with van der Waals surface area (Å²) in [6.07, 6.45) is 7.28. The number of rotatable bonds is 3. The van der Waals surface area contributed by atoms with Gasteiger partial charge in [-0.15, -0.1) is 0 Å². The first-order valence-electron chi connectivity index (χ1n) is 7.54. The van der Waals surface area contributed by atoms with E-state index in [-0.39, 0.29) is 0 Å². The molecule has 0 spiro atoms. The van der Waals surface area contributed by atoms with Crippen molar-refractivity contribution in [1.29, 1.82) is 0 Å². The lowest BCUT2D eigenvalue weighted by atomic mass is 9.90. The standard InChI is InChI=1S/C15H23N3O2/c19-15(4-8-20-9-5-15)11-18-7-1-2-13(10-18)14-3-6-16-12-17-14/h3,6,12-13,19H,1-2,4-5,7-11H2/t13-/m0/s1. The van der Waals surface area contributed by atoms with Crippen LogP contribution in [0.1, 0.15) is 37.3 Å². The van der Waals surface area contributed by atoms with Gasteiger partial charge in [-0.2, -0.15) is 0 Å². The van der Waals surface area contributed by atoms with Crippen LogP contribution in [0.3, 0.4) is 0 Å². The van der Waals surface area contributed by atoms with Gasteiger partial charge in [-0.3, -0.25) is 4.90 Å². The van der Waals surface area contributed by atoms with Crippen molar-refractivity contribution in [3.8, 4) is 0 Å². The summed E-state index contributed by atoms with van der Waals surface area (Å²) in [5, 5.41) is 10.6. The minimum absolute atomic E-state index is 0.468. The molecule has 5 nitrogen and oxygen atoms in total. The zero-order valence-corrected chi connectivity index (χ0v) is 11.9. The Balaban J connectivity index is 1.60. The molecule has 1 aromatic heterocycles. The third kappa shape index (κ3) is 3.34. The second-order valence-electron chi connectivity index (χ2n) is 6.05. The highest BCUT2D eigenvalue weighted by Gasteiger charge is 2.33. The van der Waals surface area contributed by atoms with Crippen LogP contribution in [0.15, 0.2) is 18.6 Å². The SMILES string of the molecule is OC1(CN2CCC[C@H](c3ccncn3)C2)CCOCC1. The molecule has 1 N–H and O–H groups in total. The summed E-state index contributed by atoms with van der Waals surface area (Å²) in [7, 11) is 0. The number of aromatic nitrogens is 2. The maximum atomic E-state index is 10.6. The van der Waals surface area contributed by atoms with Crippen molar-refractivity contribution in [2.45, 2.75) is 37.2 Å². The molecule has 0 aromatic carbocycles. The Morgan fingerprint density at radius 2 is 2.25 bits per heavy atom. The molecule has 0 unspecified atom stereocenters. The smallest absolute Gasteiger partial charge is 0.115 e. The minimum atomic E-state index is -0.564. The summed E-state index contributed by atoms with van der Waals surface area (Å²) in [6.45, 7) is 4.18. The zero-order valence-electron chi connectivity index (χ0n) is 11.9. The summed E-state index contributed by atoms with van der Waals surface area (Å²) >= 11 is 0. The van der Waals surface area contributed by atoms with Gasteiger partial charge in [0.1, 0.15) is 6.33 Å². The quantitative estimate of drug-likeness (QED) is 0.899. The molecule has 1 aromatic rings. The number of piperidine rings is 1. The van der Waals surface area contributed by atoms with Crippen LogP contribution in [0.4, 0.5) is 0 Å². The largest absolute Gasteiger partial charge is 0.388 e. The molecule has 1 atom stereocenters. The zero-order chi connectivity index (χ0) is 13.8. The van der Waals surface area contributed by atoms with E-state index in [9.17, 15) is 5.11 Å². The highest BCUT2D eigenvalue weighted by molar-refractivity contribution is 5.08. The van der Waals surface area contributed by atoms with E-state index in [1.165, 1.54) is 12.8 Å². The number of ether oxygens (including phenoxy) is 1. The van der Waals surface area contributed by atoms with Gasteiger partial charge in [0, 0.05) is 57.0 Å². The number of likely N-dealkylation sites (tertiary alicyclic amines) is 1. The minimum Gasteiger partial charge on any atom is -0.388 e. The van der Waals surface area contributed by atoms with Gasteiger partial charge in [0.05, 0.1) is 5.60 Å². The van der Waals surface area contributed by atoms with Crippen LogP contribution in [-0.4, -0.2) is 58.4 Å². The Morgan fingerprint density at radius 3 is 3.00 bits per heavy atom. The second kappa shape index (κ2) is 6.16. The van der Waals surface area contributed by atoms with E-state index in [1.807, 2.05) is 12.3 Å². The average molecular weight is 277 g/mol. The molecule has 110 valence electrons. The summed E-state index contributed by atoms with van der Waals surface area (Å²) in [5.74, 6) is 0.468. The Kier molecular flexibility index (Phi) is 4.29. The Morgan fingerprint density at radius 1 is 1.40 bits per heavy atom. The van der Waals surface area contributed by atoms with Crippen molar-refractivity contribution in [3.05, 3.63) is 24.3 Å². The molecule has 0 radical (unpaired) electrons. The van der Waals surface area contributed by atoms with Crippen LogP contribution in [0.25, 0.3) is 0 Å². The lowest BCUT2D eigenvalue weighted by molar-refractivity contribution is -0.0824. The third-order valence-corrected chi connectivity index (χ3v) is 4.47. The topological polar surface area (TPSA) is 58.5 Å². The van der Waals surface area contributed by atoms with E-state index in [1.54, 1.807) is 6.33 Å². The molecule has 20 heavy (non-hydrogen) atoms. The lowest BCUT2D eigenvalue weighted by Gasteiger charge is -2.40. The van der Waals surface area contributed by atoms with Crippen LogP contribution in [0, 0.1) is 0 Å². The fourth-order valence-corrected chi connectivity index (χ4v) is 3.31. The van der Waals surface area contributed by atoms with Crippen LogP contribution < -0.4 is 0 Å². The molecule has 2 fully saturated rings. The predicted octanol–water partition coefficient (Wildman–Crippen LogP) is 1.20. The van der Waals surface area contributed by atoms with E-state index >= 15 is 0 Å². The number of nitrogens with zero attached hydrogens (tertiary/aromatic N) is 3. The van der Waals surface area contributed by atoms with Gasteiger partial charge in [-0.1, -0.05) is 0 Å². The van der Waals surface area contributed by atoms with Gasteiger partial charge in [-0.25, -0.2) is 9.97 Å². The summed E-state index contributed by atoms with van der Waals surface area (Å²) < 4.78 is 5.35. The monoisotopic (exact) mass is 277 g/mol. The van der Waals surface area contributed by atoms with Gasteiger partial charge >= 0.3 is 0 Å². The second-order valence-corrected chi connectivity index (χ2v) is 6.05. The van der Waals surface area contributed by atoms with E-state index in [0.717, 1.165) is 38.2 Å². The average Bonchev–Trinajstić information content (AvgIpc) is 2.49. The van der Waals surface area contributed by atoms with E-state index < -0.39 is 5.60 Å². The molecular weight excluding hydrogens is 254 g/mol. The van der Waals surface area contributed by atoms with Gasteiger partial charge in [0.15, 0.2) is 0 Å². The van der Waals surface area contributed by atoms with Gasteiger partial charge in [0.25, 0.3) is 0 Å². The van der Waals surface area contributed by atoms with Crippen LogP contribution in [0.2, 0.25) is 0 Å². The molecule has 3 rings (SSSR count). The van der Waals surface area contributed by atoms with E-state index in [2.05, 4.69) is 14.9 Å². The Hall–Kier alpha value is -1.04.